The number of carbonyl (C=O) groups excluding carboxylic acids is 1. The molecule has 5 nitrogen and oxygen atoms in total. The fourth-order valence-corrected chi connectivity index (χ4v) is 4.27. The maximum Gasteiger partial charge on any atom is 0.343 e. The SMILES string of the molecule is Cc1ccc(C(=O)Oc2cccc(/C=c3/sc4nc5ccccc5n4c3=O)c2)cc1. The van der Waals surface area contributed by atoms with Crippen LogP contribution < -0.4 is 14.8 Å². The number of para-hydroxylation sites is 2. The topological polar surface area (TPSA) is 60.7 Å². The van der Waals surface area contributed by atoms with E-state index in [1.54, 1.807) is 40.8 Å². The highest BCUT2D eigenvalue weighted by molar-refractivity contribution is 7.15. The van der Waals surface area contributed by atoms with Crippen molar-refractivity contribution in [3.05, 3.63) is 104 Å². The molecular weight excluding hydrogens is 396 g/mol. The minimum Gasteiger partial charge on any atom is -0.423 e. The van der Waals surface area contributed by atoms with E-state index in [-0.39, 0.29) is 5.56 Å². The molecule has 0 fully saturated rings. The number of aromatic nitrogens is 2. The predicted octanol–water partition coefficient (Wildman–Crippen LogP) is 3.98. The van der Waals surface area contributed by atoms with E-state index in [1.165, 1.54) is 11.3 Å². The first-order valence-electron chi connectivity index (χ1n) is 9.39. The Morgan fingerprint density at radius 3 is 2.67 bits per heavy atom. The third-order valence-corrected chi connectivity index (χ3v) is 5.77. The zero-order chi connectivity index (χ0) is 20.7. The van der Waals surface area contributed by atoms with E-state index >= 15 is 0 Å². The van der Waals surface area contributed by atoms with Crippen LogP contribution in [-0.2, 0) is 0 Å². The van der Waals surface area contributed by atoms with Gasteiger partial charge in [-0.1, -0.05) is 53.3 Å². The van der Waals surface area contributed by atoms with Crippen molar-refractivity contribution in [2.24, 2.45) is 0 Å². The zero-order valence-electron chi connectivity index (χ0n) is 16.0. The third-order valence-electron chi connectivity index (χ3n) is 4.80. The lowest BCUT2D eigenvalue weighted by Crippen LogP contribution is -2.22. The summed E-state index contributed by atoms with van der Waals surface area (Å²) >= 11 is 1.34. The zero-order valence-corrected chi connectivity index (χ0v) is 16.8. The Kier molecular flexibility index (Phi) is 4.41. The van der Waals surface area contributed by atoms with Gasteiger partial charge in [-0.25, -0.2) is 14.2 Å². The Hall–Kier alpha value is -3.77. The summed E-state index contributed by atoms with van der Waals surface area (Å²) in [5.41, 5.74) is 3.84. The maximum absolute atomic E-state index is 12.9. The van der Waals surface area contributed by atoms with Gasteiger partial charge in [0.2, 0.25) is 0 Å². The van der Waals surface area contributed by atoms with Crippen LogP contribution in [0.2, 0.25) is 0 Å². The molecule has 5 rings (SSSR count). The molecule has 0 spiro atoms. The first kappa shape index (κ1) is 18.3. The van der Waals surface area contributed by atoms with Gasteiger partial charge in [-0.15, -0.1) is 0 Å². The van der Waals surface area contributed by atoms with Gasteiger partial charge >= 0.3 is 5.97 Å². The molecule has 0 aliphatic heterocycles. The molecule has 0 atom stereocenters. The van der Waals surface area contributed by atoms with Crippen LogP contribution in [0.25, 0.3) is 22.1 Å². The number of esters is 1. The summed E-state index contributed by atoms with van der Waals surface area (Å²) in [5.74, 6) is 0.00582. The van der Waals surface area contributed by atoms with Gasteiger partial charge in [-0.05, 0) is 55.0 Å². The molecule has 0 N–H and O–H groups in total. The Morgan fingerprint density at radius 1 is 1.03 bits per heavy atom. The quantitative estimate of drug-likeness (QED) is 0.332. The molecule has 6 heteroatoms. The minimum absolute atomic E-state index is 0.106. The van der Waals surface area contributed by atoms with Gasteiger partial charge in [0.15, 0.2) is 4.96 Å². The van der Waals surface area contributed by atoms with Crippen LogP contribution in [0, 0.1) is 6.92 Å². The molecule has 0 aliphatic carbocycles. The lowest BCUT2D eigenvalue weighted by Gasteiger charge is -2.05. The van der Waals surface area contributed by atoms with Crippen molar-refractivity contribution in [2.75, 3.05) is 0 Å². The first-order chi connectivity index (χ1) is 14.6. The third kappa shape index (κ3) is 3.27. The fourth-order valence-electron chi connectivity index (χ4n) is 3.29. The van der Waals surface area contributed by atoms with Crippen molar-refractivity contribution < 1.29 is 9.53 Å². The second-order valence-electron chi connectivity index (χ2n) is 6.96. The molecule has 0 bridgehead atoms. The van der Waals surface area contributed by atoms with Crippen LogP contribution in [0.5, 0.6) is 5.75 Å². The van der Waals surface area contributed by atoms with Crippen LogP contribution in [0.4, 0.5) is 0 Å². The van der Waals surface area contributed by atoms with E-state index in [4.69, 9.17) is 4.74 Å². The highest BCUT2D eigenvalue weighted by atomic mass is 32.1. The number of carbonyl (C=O) groups is 1. The van der Waals surface area contributed by atoms with Crippen LogP contribution in [-0.4, -0.2) is 15.4 Å². The van der Waals surface area contributed by atoms with Gasteiger partial charge in [0.05, 0.1) is 21.1 Å². The van der Waals surface area contributed by atoms with Crippen molar-refractivity contribution in [2.45, 2.75) is 6.92 Å². The minimum atomic E-state index is -0.419. The van der Waals surface area contributed by atoms with Gasteiger partial charge < -0.3 is 4.74 Å². The number of aryl methyl sites for hydroxylation is 1. The molecule has 0 saturated carbocycles. The molecule has 0 aliphatic rings. The van der Waals surface area contributed by atoms with E-state index in [9.17, 15) is 9.59 Å². The van der Waals surface area contributed by atoms with Crippen molar-refractivity contribution >= 4 is 39.4 Å². The lowest BCUT2D eigenvalue weighted by molar-refractivity contribution is 0.0735. The second kappa shape index (κ2) is 7.24. The van der Waals surface area contributed by atoms with Gasteiger partial charge in [0.25, 0.3) is 5.56 Å². The van der Waals surface area contributed by atoms with Crippen LogP contribution in [0.3, 0.4) is 0 Å². The molecule has 0 radical (unpaired) electrons. The molecule has 5 aromatic rings. The molecule has 30 heavy (non-hydrogen) atoms. The number of ether oxygens (including phenoxy) is 1. The van der Waals surface area contributed by atoms with E-state index in [0.29, 0.717) is 20.8 Å². The van der Waals surface area contributed by atoms with Crippen molar-refractivity contribution in [3.8, 4) is 5.75 Å². The van der Waals surface area contributed by atoms with Crippen LogP contribution in [0.1, 0.15) is 21.5 Å². The Labute approximate surface area is 175 Å². The number of hydrogen-bond acceptors (Lipinski definition) is 5. The van der Waals surface area contributed by atoms with E-state index in [2.05, 4.69) is 4.98 Å². The average Bonchev–Trinajstić information content (AvgIpc) is 3.25. The molecule has 0 unspecified atom stereocenters. The van der Waals surface area contributed by atoms with E-state index < -0.39 is 5.97 Å². The summed E-state index contributed by atoms with van der Waals surface area (Å²) in [6.07, 6.45) is 1.79. The monoisotopic (exact) mass is 412 g/mol. The highest BCUT2D eigenvalue weighted by Gasteiger charge is 2.11. The van der Waals surface area contributed by atoms with E-state index in [1.807, 2.05) is 49.4 Å². The summed E-state index contributed by atoms with van der Waals surface area (Å²) < 4.78 is 7.71. The summed E-state index contributed by atoms with van der Waals surface area (Å²) in [4.78, 5) is 30.5. The highest BCUT2D eigenvalue weighted by Crippen LogP contribution is 2.18. The predicted molar refractivity (Wildman–Crippen MR) is 118 cm³/mol. The Bertz CT molecular complexity index is 1510. The van der Waals surface area contributed by atoms with Gasteiger partial charge in [-0.3, -0.25) is 4.79 Å². The standard InChI is InChI=1S/C24H16N2O3S/c1-15-9-11-17(12-10-15)23(28)29-18-6-4-5-16(13-18)14-21-22(27)26-20-8-3-2-7-19(20)25-24(26)30-21/h2-14H,1H3/b21-14+. The lowest BCUT2D eigenvalue weighted by atomic mass is 10.1. The number of benzene rings is 3. The number of imidazole rings is 1. The summed E-state index contributed by atoms with van der Waals surface area (Å²) in [7, 11) is 0. The summed E-state index contributed by atoms with van der Waals surface area (Å²) in [6.45, 7) is 1.96. The van der Waals surface area contributed by atoms with Gasteiger partial charge in [-0.2, -0.15) is 0 Å². The number of rotatable bonds is 3. The molecule has 3 aromatic carbocycles. The molecular formula is C24H16N2O3S. The summed E-state index contributed by atoms with van der Waals surface area (Å²) in [5, 5.41) is 0. The number of hydrogen-bond donors (Lipinski definition) is 0. The summed E-state index contributed by atoms with van der Waals surface area (Å²) in [6, 6.07) is 21.9. The molecule has 2 aromatic heterocycles. The van der Waals surface area contributed by atoms with Gasteiger partial charge in [0.1, 0.15) is 5.75 Å². The van der Waals surface area contributed by atoms with Crippen molar-refractivity contribution in [3.63, 3.8) is 0 Å². The fraction of sp³-hybridized carbons (Fsp3) is 0.0417. The smallest absolute Gasteiger partial charge is 0.343 e. The number of nitrogens with zero attached hydrogens (tertiary/aromatic N) is 2. The Morgan fingerprint density at radius 2 is 1.83 bits per heavy atom. The van der Waals surface area contributed by atoms with Crippen molar-refractivity contribution in [1.82, 2.24) is 9.38 Å². The normalized spacial score (nSPS) is 12.0. The van der Waals surface area contributed by atoms with Crippen molar-refractivity contribution in [1.29, 1.82) is 0 Å². The van der Waals surface area contributed by atoms with E-state index in [0.717, 1.165) is 22.2 Å². The second-order valence-corrected chi connectivity index (χ2v) is 7.97. The number of fused-ring (bicyclic) bond motifs is 3. The molecule has 0 saturated heterocycles. The van der Waals surface area contributed by atoms with Crippen LogP contribution >= 0.6 is 11.3 Å². The number of thiazole rings is 1. The first-order valence-corrected chi connectivity index (χ1v) is 10.2. The molecule has 146 valence electrons. The average molecular weight is 412 g/mol. The Balaban J connectivity index is 1.49. The largest absolute Gasteiger partial charge is 0.423 e. The van der Waals surface area contributed by atoms with Gasteiger partial charge in [0, 0.05) is 0 Å². The molecule has 2 heterocycles. The maximum atomic E-state index is 12.9. The molecule has 0 amide bonds. The van der Waals surface area contributed by atoms with Crippen LogP contribution in [0.15, 0.2) is 77.6 Å².